The first-order valence-electron chi connectivity index (χ1n) is 7.13. The van der Waals surface area contributed by atoms with Crippen molar-refractivity contribution in [3.8, 4) is 0 Å². The van der Waals surface area contributed by atoms with Crippen LogP contribution in [0, 0.1) is 0 Å². The number of esters is 2. The van der Waals surface area contributed by atoms with E-state index < -0.39 is 34.3 Å². The van der Waals surface area contributed by atoms with Gasteiger partial charge in [-0.1, -0.05) is 24.3 Å². The maximum Gasteiger partial charge on any atom is 0.332 e. The molecule has 0 saturated heterocycles. The molecule has 130 valence electrons. The summed E-state index contributed by atoms with van der Waals surface area (Å²) in [5.41, 5.74) is 0.253. The molecule has 24 heavy (non-hydrogen) atoms. The zero-order valence-electron chi connectivity index (χ0n) is 13.1. The van der Waals surface area contributed by atoms with Crippen LogP contribution in [0.25, 0.3) is 0 Å². The minimum atomic E-state index is -1.47. The Balaban J connectivity index is 2.85. The summed E-state index contributed by atoms with van der Waals surface area (Å²) in [6.45, 7) is 3.40. The van der Waals surface area contributed by atoms with Crippen molar-refractivity contribution in [3.05, 3.63) is 35.4 Å². The van der Waals surface area contributed by atoms with E-state index in [1.54, 1.807) is 13.8 Å². The Morgan fingerprint density at radius 1 is 0.792 bits per heavy atom. The largest absolute Gasteiger partial charge is 0.465 e. The van der Waals surface area contributed by atoms with Crippen molar-refractivity contribution in [2.75, 3.05) is 13.2 Å². The molecule has 0 N–H and O–H groups in total. The molecule has 0 heterocycles. The van der Waals surface area contributed by atoms with Crippen LogP contribution in [-0.2, 0) is 19.1 Å². The lowest BCUT2D eigenvalue weighted by Gasteiger charge is -2.10. The number of ether oxygens (including phenoxy) is 2. The molecule has 1 aromatic carbocycles. The van der Waals surface area contributed by atoms with Crippen LogP contribution in [0.5, 0.6) is 0 Å². The molecule has 0 aromatic heterocycles. The predicted octanol–water partition coefficient (Wildman–Crippen LogP) is 2.39. The number of benzene rings is 1. The lowest BCUT2D eigenvalue weighted by Crippen LogP contribution is -2.28. The average Bonchev–Trinajstić information content (AvgIpc) is 2.59. The second-order valence-electron chi connectivity index (χ2n) is 4.54. The molecule has 0 aliphatic heterocycles. The van der Waals surface area contributed by atoms with Gasteiger partial charge in [0.25, 0.3) is 0 Å². The Bertz CT molecular complexity index is 571. The molecule has 0 fully saturated rings. The zero-order valence-corrected chi connectivity index (χ0v) is 14.6. The Hall–Kier alpha value is -1.92. The van der Waals surface area contributed by atoms with Crippen molar-refractivity contribution in [3.63, 3.8) is 0 Å². The molecule has 6 nitrogen and oxygen atoms in total. The summed E-state index contributed by atoms with van der Waals surface area (Å²) in [7, 11) is 0. The highest BCUT2D eigenvalue weighted by Crippen LogP contribution is 2.15. The number of halogens is 2. The van der Waals surface area contributed by atoms with Crippen LogP contribution >= 0.6 is 23.2 Å². The average molecular weight is 375 g/mol. The first-order chi connectivity index (χ1) is 11.3. The van der Waals surface area contributed by atoms with Crippen LogP contribution in [0.4, 0.5) is 0 Å². The van der Waals surface area contributed by atoms with Crippen molar-refractivity contribution in [2.24, 2.45) is 0 Å². The maximum absolute atomic E-state index is 12.1. The van der Waals surface area contributed by atoms with Crippen LogP contribution in [0.2, 0.25) is 0 Å². The summed E-state index contributed by atoms with van der Waals surface area (Å²) in [5.74, 6) is -2.98. The first-order valence-corrected chi connectivity index (χ1v) is 8.00. The normalized spacial score (nSPS) is 12.8. The van der Waals surface area contributed by atoms with Crippen LogP contribution in [0.3, 0.4) is 0 Å². The molecule has 1 rings (SSSR count). The van der Waals surface area contributed by atoms with Gasteiger partial charge in [0.1, 0.15) is 0 Å². The Morgan fingerprint density at radius 3 is 1.33 bits per heavy atom. The quantitative estimate of drug-likeness (QED) is 0.300. The second-order valence-corrected chi connectivity index (χ2v) is 5.41. The van der Waals surface area contributed by atoms with E-state index in [4.69, 9.17) is 23.2 Å². The molecule has 0 aliphatic rings. The third-order valence-electron chi connectivity index (χ3n) is 2.90. The number of alkyl halides is 2. The van der Waals surface area contributed by atoms with Gasteiger partial charge in [0, 0.05) is 11.1 Å². The van der Waals surface area contributed by atoms with Gasteiger partial charge in [0.05, 0.1) is 13.2 Å². The van der Waals surface area contributed by atoms with Crippen LogP contribution in [0.1, 0.15) is 34.6 Å². The molecule has 0 radical (unpaired) electrons. The predicted molar refractivity (Wildman–Crippen MR) is 87.7 cm³/mol. The fourth-order valence-electron chi connectivity index (χ4n) is 1.74. The molecule has 1 aromatic rings. The van der Waals surface area contributed by atoms with Crippen molar-refractivity contribution in [1.82, 2.24) is 0 Å². The van der Waals surface area contributed by atoms with Gasteiger partial charge in [0.2, 0.25) is 0 Å². The molecule has 0 aliphatic carbocycles. The Morgan fingerprint density at radius 2 is 1.08 bits per heavy atom. The molecule has 2 atom stereocenters. The van der Waals surface area contributed by atoms with Crippen molar-refractivity contribution in [1.29, 1.82) is 0 Å². The first kappa shape index (κ1) is 20.1. The highest BCUT2D eigenvalue weighted by Gasteiger charge is 2.28. The third-order valence-corrected chi connectivity index (χ3v) is 3.65. The summed E-state index contributed by atoms with van der Waals surface area (Å²) >= 11 is 11.5. The SMILES string of the molecule is CCOC(=O)C(Cl)C(=O)c1ccc(C(=O)C(Cl)C(=O)OCC)cc1. The summed E-state index contributed by atoms with van der Waals surface area (Å²) in [5, 5.41) is -2.93. The summed E-state index contributed by atoms with van der Waals surface area (Å²) < 4.78 is 9.35. The van der Waals surface area contributed by atoms with E-state index in [1.807, 2.05) is 0 Å². The number of hydrogen-bond acceptors (Lipinski definition) is 6. The van der Waals surface area contributed by atoms with Crippen molar-refractivity contribution >= 4 is 46.7 Å². The van der Waals surface area contributed by atoms with E-state index in [9.17, 15) is 19.2 Å². The zero-order chi connectivity index (χ0) is 18.3. The van der Waals surface area contributed by atoms with Crippen LogP contribution in [-0.4, -0.2) is 47.5 Å². The Labute approximate surface area is 149 Å². The molecule has 0 bridgehead atoms. The highest BCUT2D eigenvalue weighted by molar-refractivity contribution is 6.44. The van der Waals surface area contributed by atoms with E-state index in [-0.39, 0.29) is 24.3 Å². The van der Waals surface area contributed by atoms with E-state index in [2.05, 4.69) is 9.47 Å². The number of Topliss-reactive ketones (excluding diaryl/α,β-unsaturated/α-hetero) is 2. The summed E-state index contributed by atoms with van der Waals surface area (Å²) in [6.07, 6.45) is 0. The number of rotatable bonds is 8. The lowest BCUT2D eigenvalue weighted by atomic mass is 10.0. The van der Waals surface area contributed by atoms with Gasteiger partial charge in [-0.2, -0.15) is 0 Å². The van der Waals surface area contributed by atoms with Gasteiger partial charge >= 0.3 is 11.9 Å². The van der Waals surface area contributed by atoms with Gasteiger partial charge in [0.15, 0.2) is 22.3 Å². The summed E-state index contributed by atoms with van der Waals surface area (Å²) in [4.78, 5) is 47.0. The summed E-state index contributed by atoms with van der Waals surface area (Å²) in [6, 6.07) is 5.27. The second kappa shape index (κ2) is 9.39. The van der Waals surface area contributed by atoms with E-state index in [0.29, 0.717) is 0 Å². The topological polar surface area (TPSA) is 86.7 Å². The van der Waals surface area contributed by atoms with Gasteiger partial charge < -0.3 is 9.47 Å². The van der Waals surface area contributed by atoms with Crippen LogP contribution < -0.4 is 0 Å². The van der Waals surface area contributed by atoms with Gasteiger partial charge in [-0.05, 0) is 13.8 Å². The maximum atomic E-state index is 12.1. The number of ketones is 2. The van der Waals surface area contributed by atoms with Crippen molar-refractivity contribution in [2.45, 2.75) is 24.6 Å². The standard InChI is InChI=1S/C16H16Cl2O6/c1-3-23-15(21)11(17)13(19)9-5-7-10(8-6-9)14(20)12(18)16(22)24-4-2/h5-8,11-12H,3-4H2,1-2H3. The fourth-order valence-corrected chi connectivity index (χ4v) is 2.11. The number of carbonyl (C=O) groups is 4. The third kappa shape index (κ3) is 5.04. The molecular formula is C16H16Cl2O6. The fraction of sp³-hybridized carbons (Fsp3) is 0.375. The van der Waals surface area contributed by atoms with Gasteiger partial charge in [-0.15, -0.1) is 23.2 Å². The van der Waals surface area contributed by atoms with E-state index in [0.717, 1.165) is 0 Å². The minimum absolute atomic E-state index is 0.105. The minimum Gasteiger partial charge on any atom is -0.465 e. The number of hydrogen-bond donors (Lipinski definition) is 0. The van der Waals surface area contributed by atoms with Gasteiger partial charge in [-0.3, -0.25) is 9.59 Å². The monoisotopic (exact) mass is 374 g/mol. The van der Waals surface area contributed by atoms with Crippen molar-refractivity contribution < 1.29 is 28.7 Å². The van der Waals surface area contributed by atoms with Gasteiger partial charge in [-0.25, -0.2) is 9.59 Å². The molecule has 0 amide bonds. The molecule has 2 unspecified atom stereocenters. The number of carbonyl (C=O) groups excluding carboxylic acids is 4. The highest BCUT2D eigenvalue weighted by atomic mass is 35.5. The van der Waals surface area contributed by atoms with E-state index >= 15 is 0 Å². The molecule has 8 heteroatoms. The Kier molecular flexibility index (Phi) is 7.88. The molecule has 0 saturated carbocycles. The smallest absolute Gasteiger partial charge is 0.332 e. The van der Waals surface area contributed by atoms with Crippen LogP contribution in [0.15, 0.2) is 24.3 Å². The lowest BCUT2D eigenvalue weighted by molar-refractivity contribution is -0.142. The molecule has 0 spiro atoms. The molecular weight excluding hydrogens is 359 g/mol. The van der Waals surface area contributed by atoms with E-state index in [1.165, 1.54) is 24.3 Å².